The molecule has 0 unspecified atom stereocenters. The van der Waals surface area contributed by atoms with E-state index < -0.39 is 17.8 Å². The second-order valence-electron chi connectivity index (χ2n) is 7.78. The van der Waals surface area contributed by atoms with Crippen molar-refractivity contribution in [2.45, 2.75) is 27.3 Å². The average molecular weight is 444 g/mol. The molecule has 3 aromatic rings. The van der Waals surface area contributed by atoms with Crippen LogP contribution in [0.25, 0.3) is 11.8 Å². The summed E-state index contributed by atoms with van der Waals surface area (Å²) in [6.07, 6.45) is 1.55. The summed E-state index contributed by atoms with van der Waals surface area (Å²) in [6.45, 7) is 6.50. The highest BCUT2D eigenvalue weighted by molar-refractivity contribution is 6.31. The van der Waals surface area contributed by atoms with Crippen LogP contribution in [0.1, 0.15) is 29.4 Å². The van der Waals surface area contributed by atoms with E-state index >= 15 is 0 Å². The number of urea groups is 1. The normalized spacial score (nSPS) is 15.2. The molecule has 7 nitrogen and oxygen atoms in total. The fraction of sp³-hybridized carbons (Fsp3) is 0.192. The third kappa shape index (κ3) is 4.43. The molecule has 0 atom stereocenters. The van der Waals surface area contributed by atoms with Crippen LogP contribution in [0.4, 0.5) is 4.79 Å². The molecule has 4 amide bonds. The van der Waals surface area contributed by atoms with E-state index in [0.717, 1.165) is 38.9 Å². The maximum Gasteiger partial charge on any atom is 0.331 e. The van der Waals surface area contributed by atoms with Gasteiger partial charge in [-0.05, 0) is 68.3 Å². The van der Waals surface area contributed by atoms with Crippen molar-refractivity contribution < 1.29 is 19.1 Å². The molecule has 7 heteroatoms. The number of nitrogens with one attached hydrogen (secondary N) is 1. The zero-order valence-corrected chi connectivity index (χ0v) is 18.8. The van der Waals surface area contributed by atoms with Gasteiger partial charge in [-0.2, -0.15) is 0 Å². The Morgan fingerprint density at radius 2 is 1.67 bits per heavy atom. The quantitative estimate of drug-likeness (QED) is 0.458. The van der Waals surface area contributed by atoms with Gasteiger partial charge in [-0.3, -0.25) is 19.8 Å². The number of barbiturate groups is 1. The molecule has 1 aliphatic rings. The van der Waals surface area contributed by atoms with Gasteiger partial charge in [-0.15, -0.1) is 0 Å². The zero-order chi connectivity index (χ0) is 23.5. The monoisotopic (exact) mass is 443 g/mol. The van der Waals surface area contributed by atoms with Crippen molar-refractivity contribution in [3.63, 3.8) is 0 Å². The van der Waals surface area contributed by atoms with Crippen LogP contribution >= 0.6 is 0 Å². The molecule has 1 aliphatic heterocycles. The van der Waals surface area contributed by atoms with Crippen LogP contribution in [0, 0.1) is 13.8 Å². The molecule has 33 heavy (non-hydrogen) atoms. The van der Waals surface area contributed by atoms with Crippen molar-refractivity contribution in [2.75, 3.05) is 6.61 Å². The first-order valence-electron chi connectivity index (χ1n) is 10.7. The summed E-state index contributed by atoms with van der Waals surface area (Å²) in [4.78, 5) is 39.0. The van der Waals surface area contributed by atoms with E-state index in [2.05, 4.69) is 5.32 Å². The van der Waals surface area contributed by atoms with Crippen LogP contribution in [0.15, 0.2) is 66.2 Å². The lowest BCUT2D eigenvalue weighted by atomic mass is 10.1. The number of ether oxygens (including phenoxy) is 1. The predicted molar refractivity (Wildman–Crippen MR) is 125 cm³/mol. The van der Waals surface area contributed by atoms with E-state index in [1.54, 1.807) is 6.08 Å². The van der Waals surface area contributed by atoms with Crippen molar-refractivity contribution in [2.24, 2.45) is 0 Å². The number of hydrogen-bond acceptors (Lipinski definition) is 4. The van der Waals surface area contributed by atoms with Crippen LogP contribution in [0.3, 0.4) is 0 Å². The number of hydrogen-bond donors (Lipinski definition) is 1. The van der Waals surface area contributed by atoms with Crippen molar-refractivity contribution >= 4 is 23.9 Å². The highest BCUT2D eigenvalue weighted by atomic mass is 16.5. The summed E-state index contributed by atoms with van der Waals surface area (Å²) < 4.78 is 7.56. The molecule has 1 N–H and O–H groups in total. The molecule has 1 fully saturated rings. The smallest absolute Gasteiger partial charge is 0.331 e. The van der Waals surface area contributed by atoms with E-state index in [-0.39, 0.29) is 12.1 Å². The van der Waals surface area contributed by atoms with Gasteiger partial charge in [-0.25, -0.2) is 4.79 Å². The minimum atomic E-state index is -0.717. The Hall–Kier alpha value is -4.13. The lowest BCUT2D eigenvalue weighted by Gasteiger charge is -2.26. The van der Waals surface area contributed by atoms with Gasteiger partial charge < -0.3 is 9.30 Å². The first-order chi connectivity index (χ1) is 15.9. The van der Waals surface area contributed by atoms with E-state index in [1.165, 1.54) is 0 Å². The summed E-state index contributed by atoms with van der Waals surface area (Å²) in [5.41, 5.74) is 4.22. The Morgan fingerprint density at radius 3 is 2.33 bits per heavy atom. The molecule has 1 saturated heterocycles. The fourth-order valence-electron chi connectivity index (χ4n) is 3.95. The first kappa shape index (κ1) is 22.1. The van der Waals surface area contributed by atoms with Crippen LogP contribution in [-0.2, 0) is 16.1 Å². The summed E-state index contributed by atoms with van der Waals surface area (Å²) in [7, 11) is 0. The highest BCUT2D eigenvalue weighted by Gasteiger charge is 2.35. The molecule has 2 aromatic carbocycles. The van der Waals surface area contributed by atoms with Crippen molar-refractivity contribution in [1.82, 2.24) is 14.8 Å². The third-order valence-corrected chi connectivity index (χ3v) is 5.55. The van der Waals surface area contributed by atoms with Crippen molar-refractivity contribution in [3.05, 3.63) is 88.8 Å². The number of imide groups is 2. The number of carbonyl (C=O) groups is 3. The van der Waals surface area contributed by atoms with Gasteiger partial charge in [0.25, 0.3) is 11.8 Å². The third-order valence-electron chi connectivity index (χ3n) is 5.55. The molecule has 0 spiro atoms. The Balaban J connectivity index is 1.66. The SMILES string of the molecule is CCOc1ccc(-n2c(C)cc(/C=C3\C(=O)NC(=O)N(Cc4ccccc4)C3=O)c2C)cc1. The molecule has 168 valence electrons. The Morgan fingerprint density at radius 1 is 0.970 bits per heavy atom. The minimum Gasteiger partial charge on any atom is -0.494 e. The maximum absolute atomic E-state index is 13.1. The Labute approximate surface area is 192 Å². The second-order valence-corrected chi connectivity index (χ2v) is 7.78. The van der Waals surface area contributed by atoms with Gasteiger partial charge >= 0.3 is 6.03 Å². The minimum absolute atomic E-state index is 0.0718. The average Bonchev–Trinajstić information content (AvgIpc) is 3.08. The van der Waals surface area contributed by atoms with Gasteiger partial charge in [0, 0.05) is 17.1 Å². The number of aryl methyl sites for hydroxylation is 1. The van der Waals surface area contributed by atoms with E-state index in [1.807, 2.05) is 86.0 Å². The molecule has 0 aliphatic carbocycles. The number of carbonyl (C=O) groups excluding carboxylic acids is 3. The van der Waals surface area contributed by atoms with Crippen LogP contribution in [0.2, 0.25) is 0 Å². The van der Waals surface area contributed by atoms with Crippen molar-refractivity contribution in [3.8, 4) is 11.4 Å². The number of rotatable bonds is 6. The standard InChI is InChI=1S/C26H25N3O4/c1-4-33-22-12-10-21(11-13-22)29-17(2)14-20(18(29)3)15-23-24(30)27-26(32)28(25(23)31)16-19-8-6-5-7-9-19/h5-15H,4,16H2,1-3H3,(H,27,30,32)/b23-15+. The summed E-state index contributed by atoms with van der Waals surface area (Å²) >= 11 is 0. The predicted octanol–water partition coefficient (Wildman–Crippen LogP) is 4.15. The van der Waals surface area contributed by atoms with Gasteiger partial charge in [0.2, 0.25) is 0 Å². The fourth-order valence-corrected chi connectivity index (χ4v) is 3.95. The maximum atomic E-state index is 13.1. The lowest BCUT2D eigenvalue weighted by Crippen LogP contribution is -2.53. The number of amides is 4. The van der Waals surface area contributed by atoms with Crippen LogP contribution < -0.4 is 10.1 Å². The highest BCUT2D eigenvalue weighted by Crippen LogP contribution is 2.26. The molecule has 0 radical (unpaired) electrons. The molecular weight excluding hydrogens is 418 g/mol. The summed E-state index contributed by atoms with van der Waals surface area (Å²) in [5, 5.41) is 2.28. The molecule has 0 bridgehead atoms. The Bertz CT molecular complexity index is 1240. The summed E-state index contributed by atoms with van der Waals surface area (Å²) in [5.74, 6) is -0.516. The zero-order valence-electron chi connectivity index (χ0n) is 18.8. The summed E-state index contributed by atoms with van der Waals surface area (Å²) in [6, 6.07) is 18.1. The van der Waals surface area contributed by atoms with Gasteiger partial charge in [0.1, 0.15) is 11.3 Å². The molecule has 0 saturated carbocycles. The molecule has 1 aromatic heterocycles. The lowest BCUT2D eigenvalue weighted by molar-refractivity contribution is -0.130. The number of nitrogens with zero attached hydrogens (tertiary/aromatic N) is 2. The topological polar surface area (TPSA) is 80.6 Å². The van der Waals surface area contributed by atoms with Gasteiger partial charge in [0.05, 0.1) is 13.2 Å². The van der Waals surface area contributed by atoms with Crippen LogP contribution in [0.5, 0.6) is 5.75 Å². The Kier molecular flexibility index (Phi) is 6.13. The number of aromatic nitrogens is 1. The van der Waals surface area contributed by atoms with E-state index in [9.17, 15) is 14.4 Å². The number of benzene rings is 2. The van der Waals surface area contributed by atoms with Gasteiger partial charge in [-0.1, -0.05) is 30.3 Å². The van der Waals surface area contributed by atoms with Crippen LogP contribution in [-0.4, -0.2) is 33.9 Å². The van der Waals surface area contributed by atoms with E-state index in [0.29, 0.717) is 6.61 Å². The largest absolute Gasteiger partial charge is 0.494 e. The molecular formula is C26H25N3O4. The molecule has 2 heterocycles. The second kappa shape index (κ2) is 9.16. The first-order valence-corrected chi connectivity index (χ1v) is 10.7. The molecule has 4 rings (SSSR count). The van der Waals surface area contributed by atoms with Crippen molar-refractivity contribution in [1.29, 1.82) is 0 Å². The van der Waals surface area contributed by atoms with Gasteiger partial charge in [0.15, 0.2) is 0 Å². The van der Waals surface area contributed by atoms with E-state index in [4.69, 9.17) is 4.74 Å².